The molecule has 108 valence electrons. The van der Waals surface area contributed by atoms with Crippen LogP contribution < -0.4 is 5.32 Å². The highest BCUT2D eigenvalue weighted by Crippen LogP contribution is 2.26. The van der Waals surface area contributed by atoms with Crippen molar-refractivity contribution in [3.05, 3.63) is 42.1 Å². The van der Waals surface area contributed by atoms with Crippen LogP contribution in [-0.2, 0) is 0 Å². The minimum atomic E-state index is 0.000697. The van der Waals surface area contributed by atoms with Gasteiger partial charge in [0.1, 0.15) is 0 Å². The summed E-state index contributed by atoms with van der Waals surface area (Å²) in [5.41, 5.74) is 1.58. The minimum absolute atomic E-state index is 0.000697. The molecule has 2 fully saturated rings. The lowest BCUT2D eigenvalue weighted by Gasteiger charge is -2.30. The molecule has 0 radical (unpaired) electrons. The minimum Gasteiger partial charge on any atom is -0.348 e. The highest BCUT2D eigenvalue weighted by molar-refractivity contribution is 5.97. The maximum absolute atomic E-state index is 12.4. The molecule has 0 saturated carbocycles. The van der Waals surface area contributed by atoms with E-state index in [0.29, 0.717) is 5.56 Å². The van der Waals surface area contributed by atoms with Crippen LogP contribution in [-0.4, -0.2) is 41.5 Å². The summed E-state index contributed by atoms with van der Waals surface area (Å²) in [6.45, 7) is 3.39. The van der Waals surface area contributed by atoms with E-state index >= 15 is 0 Å². The van der Waals surface area contributed by atoms with E-state index in [-0.39, 0.29) is 11.9 Å². The number of benzene rings is 1. The zero-order valence-electron chi connectivity index (χ0n) is 12.0. The molecule has 2 bridgehead atoms. The molecule has 0 aliphatic carbocycles. The van der Waals surface area contributed by atoms with Crippen molar-refractivity contribution in [1.29, 1.82) is 0 Å². The molecular formula is C17H19N3O. The molecule has 1 N–H and O–H groups in total. The first-order valence-electron chi connectivity index (χ1n) is 7.66. The van der Waals surface area contributed by atoms with Crippen molar-refractivity contribution >= 4 is 16.8 Å². The van der Waals surface area contributed by atoms with E-state index < -0.39 is 0 Å². The Morgan fingerprint density at radius 3 is 3.10 bits per heavy atom. The Labute approximate surface area is 124 Å². The topological polar surface area (TPSA) is 45.2 Å². The highest BCUT2D eigenvalue weighted by Gasteiger charge is 2.32. The van der Waals surface area contributed by atoms with Gasteiger partial charge in [-0.05, 0) is 37.4 Å². The molecule has 4 heteroatoms. The van der Waals surface area contributed by atoms with E-state index in [9.17, 15) is 4.79 Å². The Kier molecular flexibility index (Phi) is 3.11. The Bertz CT molecular complexity index is 673. The lowest BCUT2D eigenvalue weighted by Crippen LogP contribution is -2.47. The number of fused-ring (bicyclic) bond motifs is 3. The van der Waals surface area contributed by atoms with Gasteiger partial charge in [0, 0.05) is 30.7 Å². The summed E-state index contributed by atoms with van der Waals surface area (Å²) >= 11 is 0. The summed E-state index contributed by atoms with van der Waals surface area (Å²) < 4.78 is 0. The first-order chi connectivity index (χ1) is 10.3. The van der Waals surface area contributed by atoms with Crippen LogP contribution in [0, 0.1) is 5.92 Å². The fraction of sp³-hybridized carbons (Fsp3) is 0.412. The molecule has 2 aliphatic rings. The third kappa shape index (κ3) is 2.51. The van der Waals surface area contributed by atoms with Gasteiger partial charge in [0.2, 0.25) is 0 Å². The highest BCUT2D eigenvalue weighted by atomic mass is 16.1. The third-order valence-electron chi connectivity index (χ3n) is 4.65. The predicted molar refractivity (Wildman–Crippen MR) is 82.2 cm³/mol. The van der Waals surface area contributed by atoms with Crippen LogP contribution in [0.15, 0.2) is 36.5 Å². The van der Waals surface area contributed by atoms with Gasteiger partial charge >= 0.3 is 0 Å². The smallest absolute Gasteiger partial charge is 0.253 e. The van der Waals surface area contributed by atoms with Gasteiger partial charge in [0.05, 0.1) is 11.1 Å². The standard InChI is InChI=1S/C17H19N3O/c21-17(19-15-7-12-5-6-20(10-12)11-15)14-8-13-3-1-2-4-16(13)18-9-14/h1-4,8-9,12,15H,5-7,10-11H2,(H,19,21)/t12-,15-/m1/s1. The molecule has 2 aliphatic heterocycles. The van der Waals surface area contributed by atoms with Crippen molar-refractivity contribution in [1.82, 2.24) is 15.2 Å². The van der Waals surface area contributed by atoms with E-state index in [1.807, 2.05) is 30.3 Å². The van der Waals surface area contributed by atoms with Crippen LogP contribution >= 0.6 is 0 Å². The van der Waals surface area contributed by atoms with Gasteiger partial charge in [0.15, 0.2) is 0 Å². The molecule has 3 atom stereocenters. The van der Waals surface area contributed by atoms with Crippen LogP contribution in [0.5, 0.6) is 0 Å². The van der Waals surface area contributed by atoms with Crippen molar-refractivity contribution in [3.63, 3.8) is 0 Å². The first-order valence-corrected chi connectivity index (χ1v) is 7.66. The van der Waals surface area contributed by atoms with Gasteiger partial charge in [-0.3, -0.25) is 9.78 Å². The monoisotopic (exact) mass is 281 g/mol. The van der Waals surface area contributed by atoms with Crippen molar-refractivity contribution < 1.29 is 4.79 Å². The van der Waals surface area contributed by atoms with Gasteiger partial charge in [-0.25, -0.2) is 0 Å². The second-order valence-corrected chi connectivity index (χ2v) is 6.24. The lowest BCUT2D eigenvalue weighted by molar-refractivity contribution is 0.0909. The Morgan fingerprint density at radius 2 is 2.19 bits per heavy atom. The lowest BCUT2D eigenvalue weighted by atomic mass is 9.96. The molecule has 2 saturated heterocycles. The zero-order chi connectivity index (χ0) is 14.2. The fourth-order valence-electron chi connectivity index (χ4n) is 3.63. The molecule has 4 nitrogen and oxygen atoms in total. The number of aromatic nitrogens is 1. The van der Waals surface area contributed by atoms with E-state index in [0.717, 1.165) is 29.8 Å². The number of hydrogen-bond acceptors (Lipinski definition) is 3. The number of para-hydroxylation sites is 1. The van der Waals surface area contributed by atoms with Crippen LogP contribution in [0.3, 0.4) is 0 Å². The molecule has 1 aromatic heterocycles. The van der Waals surface area contributed by atoms with E-state index in [1.165, 1.54) is 19.5 Å². The number of piperidine rings is 1. The summed E-state index contributed by atoms with van der Waals surface area (Å²) in [6, 6.07) is 10.1. The van der Waals surface area contributed by atoms with Crippen molar-refractivity contribution in [3.8, 4) is 0 Å². The largest absolute Gasteiger partial charge is 0.348 e. The number of carbonyl (C=O) groups is 1. The number of hydrogen-bond donors (Lipinski definition) is 1. The predicted octanol–water partition coefficient (Wildman–Crippen LogP) is 2.06. The zero-order valence-corrected chi connectivity index (χ0v) is 12.0. The number of carbonyl (C=O) groups excluding carboxylic acids is 1. The number of nitrogens with one attached hydrogen (secondary N) is 1. The maximum Gasteiger partial charge on any atom is 0.253 e. The Hall–Kier alpha value is -1.94. The quantitative estimate of drug-likeness (QED) is 0.916. The normalized spacial score (nSPS) is 27.7. The Balaban J connectivity index is 1.50. The molecule has 3 heterocycles. The first kappa shape index (κ1) is 12.8. The average molecular weight is 281 g/mol. The van der Waals surface area contributed by atoms with Gasteiger partial charge in [-0.1, -0.05) is 18.2 Å². The van der Waals surface area contributed by atoms with Crippen LogP contribution in [0.4, 0.5) is 0 Å². The number of nitrogens with zero attached hydrogens (tertiary/aromatic N) is 2. The summed E-state index contributed by atoms with van der Waals surface area (Å²) in [4.78, 5) is 19.2. The van der Waals surface area contributed by atoms with Gasteiger partial charge < -0.3 is 10.2 Å². The summed E-state index contributed by atoms with van der Waals surface area (Å²) in [6.07, 6.45) is 4.07. The molecule has 0 spiro atoms. The van der Waals surface area contributed by atoms with Crippen molar-refractivity contribution in [2.75, 3.05) is 19.6 Å². The third-order valence-corrected chi connectivity index (χ3v) is 4.65. The van der Waals surface area contributed by atoms with E-state index in [1.54, 1.807) is 6.20 Å². The van der Waals surface area contributed by atoms with Crippen LogP contribution in [0.25, 0.3) is 10.9 Å². The maximum atomic E-state index is 12.4. The second kappa shape index (κ2) is 5.11. The molecule has 1 amide bonds. The van der Waals surface area contributed by atoms with Crippen LogP contribution in [0.2, 0.25) is 0 Å². The van der Waals surface area contributed by atoms with Gasteiger partial charge in [0.25, 0.3) is 5.91 Å². The van der Waals surface area contributed by atoms with Crippen LogP contribution in [0.1, 0.15) is 23.2 Å². The molecule has 4 rings (SSSR count). The number of amides is 1. The SMILES string of the molecule is O=C(N[C@@H]1C[C@H]2CCN(C2)C1)c1cnc2ccccc2c1. The number of pyridine rings is 1. The van der Waals surface area contributed by atoms with Crippen molar-refractivity contribution in [2.45, 2.75) is 18.9 Å². The molecule has 2 aromatic rings. The molecule has 1 aromatic carbocycles. The Morgan fingerprint density at radius 1 is 1.29 bits per heavy atom. The second-order valence-electron chi connectivity index (χ2n) is 6.24. The molecule has 21 heavy (non-hydrogen) atoms. The summed E-state index contributed by atoms with van der Waals surface area (Å²) in [5, 5.41) is 4.19. The van der Waals surface area contributed by atoms with Gasteiger partial charge in [-0.2, -0.15) is 0 Å². The number of rotatable bonds is 2. The summed E-state index contributed by atoms with van der Waals surface area (Å²) in [5.74, 6) is 0.763. The fourth-order valence-corrected chi connectivity index (χ4v) is 3.63. The molecular weight excluding hydrogens is 262 g/mol. The summed E-state index contributed by atoms with van der Waals surface area (Å²) in [7, 11) is 0. The van der Waals surface area contributed by atoms with Gasteiger partial charge in [-0.15, -0.1) is 0 Å². The van der Waals surface area contributed by atoms with E-state index in [2.05, 4.69) is 15.2 Å². The molecule has 1 unspecified atom stereocenters. The van der Waals surface area contributed by atoms with Crippen molar-refractivity contribution in [2.24, 2.45) is 5.92 Å². The average Bonchev–Trinajstić information content (AvgIpc) is 2.85. The van der Waals surface area contributed by atoms with E-state index in [4.69, 9.17) is 0 Å².